The van der Waals surface area contributed by atoms with Gasteiger partial charge < -0.3 is 10.1 Å². The standard InChI is InChI=1S/C11H17NO2/c1-6-8-9(7-2)12-10(13)14-11(3,4)5/h2,6,9H,1,8H2,3-5H3,(H,12,13). The maximum Gasteiger partial charge on any atom is 0.408 e. The first kappa shape index (κ1) is 12.6. The van der Waals surface area contributed by atoms with Crippen molar-refractivity contribution >= 4 is 6.09 Å². The summed E-state index contributed by atoms with van der Waals surface area (Å²) in [6, 6.07) is -0.345. The third-order valence-corrected chi connectivity index (χ3v) is 1.29. The van der Waals surface area contributed by atoms with Crippen molar-refractivity contribution in [2.24, 2.45) is 0 Å². The Hall–Kier alpha value is -1.43. The maximum absolute atomic E-state index is 11.2. The van der Waals surface area contributed by atoms with E-state index >= 15 is 0 Å². The molecule has 0 bridgehead atoms. The Morgan fingerprint density at radius 1 is 1.71 bits per heavy atom. The quantitative estimate of drug-likeness (QED) is 0.553. The van der Waals surface area contributed by atoms with Crippen molar-refractivity contribution in [2.45, 2.75) is 38.8 Å². The van der Waals surface area contributed by atoms with Crippen LogP contribution < -0.4 is 5.32 Å². The molecule has 0 aromatic carbocycles. The first-order chi connectivity index (χ1) is 6.39. The number of carbonyl (C=O) groups excluding carboxylic acids is 1. The van der Waals surface area contributed by atoms with Gasteiger partial charge in [-0.05, 0) is 27.2 Å². The summed E-state index contributed by atoms with van der Waals surface area (Å²) >= 11 is 0. The Morgan fingerprint density at radius 3 is 2.64 bits per heavy atom. The van der Waals surface area contributed by atoms with Crippen molar-refractivity contribution in [3.05, 3.63) is 12.7 Å². The topological polar surface area (TPSA) is 38.3 Å². The van der Waals surface area contributed by atoms with E-state index in [1.807, 2.05) is 0 Å². The molecule has 0 aliphatic heterocycles. The minimum atomic E-state index is -0.503. The molecule has 0 aliphatic rings. The number of carbonyl (C=O) groups is 1. The van der Waals surface area contributed by atoms with E-state index in [0.717, 1.165) is 0 Å². The van der Waals surface area contributed by atoms with Crippen LogP contribution in [-0.2, 0) is 4.74 Å². The SMILES string of the molecule is C#CC(CC=C)NC(=O)OC(C)(C)C. The van der Waals surface area contributed by atoms with Gasteiger partial charge in [-0.15, -0.1) is 13.0 Å². The van der Waals surface area contributed by atoms with E-state index in [1.54, 1.807) is 26.8 Å². The number of alkyl carbamates (subject to hydrolysis) is 1. The van der Waals surface area contributed by atoms with E-state index in [0.29, 0.717) is 6.42 Å². The lowest BCUT2D eigenvalue weighted by atomic mass is 10.2. The Morgan fingerprint density at radius 2 is 2.29 bits per heavy atom. The van der Waals surface area contributed by atoms with E-state index in [4.69, 9.17) is 11.2 Å². The molecule has 0 rings (SSSR count). The van der Waals surface area contributed by atoms with Gasteiger partial charge in [0.25, 0.3) is 0 Å². The van der Waals surface area contributed by atoms with Crippen LogP contribution in [0.15, 0.2) is 12.7 Å². The van der Waals surface area contributed by atoms with E-state index in [2.05, 4.69) is 17.8 Å². The van der Waals surface area contributed by atoms with Gasteiger partial charge in [-0.3, -0.25) is 0 Å². The molecule has 78 valence electrons. The summed E-state index contributed by atoms with van der Waals surface area (Å²) in [6.45, 7) is 8.93. The summed E-state index contributed by atoms with van der Waals surface area (Å²) in [6.07, 6.45) is 6.90. The zero-order chi connectivity index (χ0) is 11.2. The Bertz CT molecular complexity index is 245. The normalized spacial score (nSPS) is 12.4. The maximum atomic E-state index is 11.2. The van der Waals surface area contributed by atoms with Gasteiger partial charge in [0.2, 0.25) is 0 Å². The van der Waals surface area contributed by atoms with Crippen LogP contribution in [0.4, 0.5) is 4.79 Å². The van der Waals surface area contributed by atoms with Gasteiger partial charge in [0.05, 0.1) is 6.04 Å². The lowest BCUT2D eigenvalue weighted by molar-refractivity contribution is 0.0517. The van der Waals surface area contributed by atoms with Gasteiger partial charge in [0.15, 0.2) is 0 Å². The van der Waals surface area contributed by atoms with Crippen LogP contribution >= 0.6 is 0 Å². The molecule has 0 radical (unpaired) electrons. The molecular weight excluding hydrogens is 178 g/mol. The molecule has 1 amide bonds. The van der Waals surface area contributed by atoms with Crippen molar-refractivity contribution in [1.29, 1.82) is 0 Å². The first-order valence-electron chi connectivity index (χ1n) is 4.45. The van der Waals surface area contributed by atoms with Crippen LogP contribution in [0.3, 0.4) is 0 Å². The van der Waals surface area contributed by atoms with E-state index in [1.165, 1.54) is 0 Å². The zero-order valence-corrected chi connectivity index (χ0v) is 8.96. The zero-order valence-electron chi connectivity index (χ0n) is 8.96. The second-order valence-electron chi connectivity index (χ2n) is 3.89. The van der Waals surface area contributed by atoms with E-state index in [-0.39, 0.29) is 6.04 Å². The average molecular weight is 195 g/mol. The lowest BCUT2D eigenvalue weighted by Crippen LogP contribution is -2.38. The van der Waals surface area contributed by atoms with Crippen LogP contribution in [0.2, 0.25) is 0 Å². The largest absolute Gasteiger partial charge is 0.444 e. The molecule has 0 spiro atoms. The predicted molar refractivity (Wildman–Crippen MR) is 56.8 cm³/mol. The summed E-state index contributed by atoms with van der Waals surface area (Å²) in [4.78, 5) is 11.2. The monoisotopic (exact) mass is 195 g/mol. The number of nitrogens with one attached hydrogen (secondary N) is 1. The fourth-order valence-corrected chi connectivity index (χ4v) is 0.785. The number of hydrogen-bond acceptors (Lipinski definition) is 2. The minimum absolute atomic E-state index is 0.345. The van der Waals surface area contributed by atoms with Crippen LogP contribution in [0.5, 0.6) is 0 Å². The third kappa shape index (κ3) is 6.13. The molecule has 0 saturated heterocycles. The van der Waals surface area contributed by atoms with Gasteiger partial charge in [-0.25, -0.2) is 4.79 Å². The molecular formula is C11H17NO2. The van der Waals surface area contributed by atoms with Crippen LogP contribution in [0.1, 0.15) is 27.2 Å². The molecule has 0 heterocycles. The Kier molecular flexibility index (Phi) is 4.79. The first-order valence-corrected chi connectivity index (χ1v) is 4.45. The second kappa shape index (κ2) is 5.33. The van der Waals surface area contributed by atoms with Gasteiger partial charge in [-0.2, -0.15) is 0 Å². The number of terminal acetylenes is 1. The highest BCUT2D eigenvalue weighted by molar-refractivity contribution is 5.68. The molecule has 3 nitrogen and oxygen atoms in total. The molecule has 0 aromatic rings. The van der Waals surface area contributed by atoms with Gasteiger partial charge in [0.1, 0.15) is 5.60 Å². The number of amides is 1. The number of rotatable bonds is 3. The second-order valence-corrected chi connectivity index (χ2v) is 3.89. The molecule has 0 aromatic heterocycles. The van der Waals surface area contributed by atoms with E-state index in [9.17, 15) is 4.79 Å². The smallest absolute Gasteiger partial charge is 0.408 e. The molecule has 14 heavy (non-hydrogen) atoms. The number of ether oxygens (including phenoxy) is 1. The molecule has 3 heteroatoms. The third-order valence-electron chi connectivity index (χ3n) is 1.29. The minimum Gasteiger partial charge on any atom is -0.444 e. The molecule has 0 fully saturated rings. The summed E-state index contributed by atoms with van der Waals surface area (Å²) in [5.41, 5.74) is -0.503. The molecule has 1 N–H and O–H groups in total. The van der Waals surface area contributed by atoms with Gasteiger partial charge >= 0.3 is 6.09 Å². The van der Waals surface area contributed by atoms with E-state index < -0.39 is 11.7 Å². The average Bonchev–Trinajstić information content (AvgIpc) is 2.00. The molecule has 0 saturated carbocycles. The van der Waals surface area contributed by atoms with Gasteiger partial charge in [-0.1, -0.05) is 12.0 Å². The Labute approximate surface area is 85.5 Å². The predicted octanol–water partition coefficient (Wildman–Crippen LogP) is 2.09. The van der Waals surface area contributed by atoms with Crippen molar-refractivity contribution in [2.75, 3.05) is 0 Å². The van der Waals surface area contributed by atoms with Crippen molar-refractivity contribution < 1.29 is 9.53 Å². The van der Waals surface area contributed by atoms with Crippen LogP contribution in [0, 0.1) is 12.3 Å². The summed E-state index contributed by atoms with van der Waals surface area (Å²) in [7, 11) is 0. The molecule has 0 aliphatic carbocycles. The lowest BCUT2D eigenvalue weighted by Gasteiger charge is -2.21. The fourth-order valence-electron chi connectivity index (χ4n) is 0.785. The number of hydrogen-bond donors (Lipinski definition) is 1. The van der Waals surface area contributed by atoms with Crippen molar-refractivity contribution in [3.8, 4) is 12.3 Å². The van der Waals surface area contributed by atoms with Gasteiger partial charge in [0, 0.05) is 0 Å². The highest BCUT2D eigenvalue weighted by Crippen LogP contribution is 2.06. The fraction of sp³-hybridized carbons (Fsp3) is 0.545. The molecule has 1 atom stereocenters. The van der Waals surface area contributed by atoms with Crippen molar-refractivity contribution in [3.63, 3.8) is 0 Å². The Balaban J connectivity index is 4.05. The summed E-state index contributed by atoms with van der Waals surface area (Å²) < 4.78 is 5.04. The highest BCUT2D eigenvalue weighted by atomic mass is 16.6. The van der Waals surface area contributed by atoms with Crippen LogP contribution in [0.25, 0.3) is 0 Å². The van der Waals surface area contributed by atoms with Crippen LogP contribution in [-0.4, -0.2) is 17.7 Å². The highest BCUT2D eigenvalue weighted by Gasteiger charge is 2.17. The summed E-state index contributed by atoms with van der Waals surface area (Å²) in [5.74, 6) is 2.44. The van der Waals surface area contributed by atoms with Crippen molar-refractivity contribution in [1.82, 2.24) is 5.32 Å². The summed E-state index contributed by atoms with van der Waals surface area (Å²) in [5, 5.41) is 2.56. The molecule has 1 unspecified atom stereocenters.